The van der Waals surface area contributed by atoms with Crippen molar-refractivity contribution in [2.24, 2.45) is 0 Å². The summed E-state index contributed by atoms with van der Waals surface area (Å²) in [6.45, 7) is 1.15. The molecule has 0 aliphatic carbocycles. The van der Waals surface area contributed by atoms with Gasteiger partial charge in [-0.2, -0.15) is 0 Å². The second kappa shape index (κ2) is 9.93. The molecule has 0 bridgehead atoms. The largest absolute Gasteiger partial charge is 0.477 e. The van der Waals surface area contributed by atoms with Crippen molar-refractivity contribution in [3.05, 3.63) is 84.2 Å². The van der Waals surface area contributed by atoms with Gasteiger partial charge >= 0.3 is 6.03 Å². The molecule has 2 heterocycles. The zero-order chi connectivity index (χ0) is 21.5. The lowest BCUT2D eigenvalue weighted by Gasteiger charge is -2.34. The number of aromatic nitrogens is 2. The van der Waals surface area contributed by atoms with E-state index >= 15 is 0 Å². The first-order chi connectivity index (χ1) is 15.2. The van der Waals surface area contributed by atoms with Gasteiger partial charge in [-0.15, -0.1) is 0 Å². The number of hydrogen-bond acceptors (Lipinski definition) is 5. The van der Waals surface area contributed by atoms with Crippen LogP contribution in [-0.4, -0.2) is 47.2 Å². The number of nitrogens with zero attached hydrogens (tertiary/aromatic N) is 3. The van der Waals surface area contributed by atoms with Gasteiger partial charge in [0.1, 0.15) is 6.10 Å². The van der Waals surface area contributed by atoms with Crippen LogP contribution in [0, 0.1) is 0 Å². The fourth-order valence-electron chi connectivity index (χ4n) is 3.77. The van der Waals surface area contributed by atoms with Crippen molar-refractivity contribution in [2.45, 2.75) is 25.0 Å². The number of benzene rings is 2. The molecule has 4 rings (SSSR count). The number of nitrogens with one attached hydrogen (secondary N) is 1. The zero-order valence-corrected chi connectivity index (χ0v) is 17.5. The van der Waals surface area contributed by atoms with E-state index < -0.39 is 0 Å². The molecule has 1 fully saturated rings. The van der Waals surface area contributed by atoms with E-state index in [2.05, 4.69) is 15.3 Å². The highest BCUT2D eigenvalue weighted by molar-refractivity contribution is 5.75. The van der Waals surface area contributed by atoms with Gasteiger partial charge < -0.3 is 19.7 Å². The maximum absolute atomic E-state index is 13.2. The van der Waals surface area contributed by atoms with Crippen molar-refractivity contribution in [3.63, 3.8) is 0 Å². The van der Waals surface area contributed by atoms with Crippen LogP contribution < -0.4 is 14.8 Å². The first-order valence-electron chi connectivity index (χ1n) is 10.4. The Morgan fingerprint density at radius 2 is 1.61 bits per heavy atom. The molecule has 1 saturated heterocycles. The van der Waals surface area contributed by atoms with E-state index in [-0.39, 0.29) is 18.2 Å². The molecule has 1 aromatic heterocycles. The van der Waals surface area contributed by atoms with E-state index in [1.807, 2.05) is 60.7 Å². The average Bonchev–Trinajstić information content (AvgIpc) is 2.84. The molecule has 7 nitrogen and oxygen atoms in total. The number of methoxy groups -OCH3 is 1. The molecule has 2 aromatic carbocycles. The first-order valence-corrected chi connectivity index (χ1v) is 10.4. The third-order valence-corrected chi connectivity index (χ3v) is 5.30. The first kappa shape index (κ1) is 20.7. The molecular weight excluding hydrogens is 392 g/mol. The lowest BCUT2D eigenvalue weighted by atomic mass is 9.99. The van der Waals surface area contributed by atoms with Crippen LogP contribution in [0.3, 0.4) is 0 Å². The van der Waals surface area contributed by atoms with Crippen LogP contribution in [0.25, 0.3) is 0 Å². The van der Waals surface area contributed by atoms with Gasteiger partial charge in [-0.05, 0) is 24.0 Å². The third kappa shape index (κ3) is 5.12. The number of rotatable bonds is 6. The van der Waals surface area contributed by atoms with Crippen LogP contribution in [0.2, 0.25) is 0 Å². The lowest BCUT2D eigenvalue weighted by Crippen LogP contribution is -2.49. The summed E-state index contributed by atoms with van der Waals surface area (Å²) in [5, 5.41) is 3.21. The summed E-state index contributed by atoms with van der Waals surface area (Å²) in [6, 6.07) is 19.6. The van der Waals surface area contributed by atoms with Crippen molar-refractivity contribution in [3.8, 4) is 11.8 Å². The monoisotopic (exact) mass is 418 g/mol. The number of ether oxygens (including phenoxy) is 2. The van der Waals surface area contributed by atoms with Gasteiger partial charge in [0.2, 0.25) is 0 Å². The van der Waals surface area contributed by atoms with Crippen LogP contribution in [0.1, 0.15) is 30.0 Å². The minimum atomic E-state index is -0.226. The van der Waals surface area contributed by atoms with Gasteiger partial charge in [0.15, 0.2) is 0 Å². The summed E-state index contributed by atoms with van der Waals surface area (Å²) < 4.78 is 11.2. The highest BCUT2D eigenvalue weighted by Gasteiger charge is 2.28. The maximum Gasteiger partial charge on any atom is 0.318 e. The molecule has 1 atom stereocenters. The average molecular weight is 418 g/mol. The van der Waals surface area contributed by atoms with Crippen LogP contribution in [0.5, 0.6) is 11.8 Å². The maximum atomic E-state index is 13.2. The van der Waals surface area contributed by atoms with Gasteiger partial charge in [0.25, 0.3) is 11.8 Å². The highest BCUT2D eigenvalue weighted by Crippen LogP contribution is 2.25. The summed E-state index contributed by atoms with van der Waals surface area (Å²) in [6.07, 6.45) is 4.64. The number of carbonyl (C=O) groups is 1. The normalized spacial score (nSPS) is 16.1. The van der Waals surface area contributed by atoms with Crippen LogP contribution in [0.4, 0.5) is 4.79 Å². The van der Waals surface area contributed by atoms with Crippen molar-refractivity contribution in [1.82, 2.24) is 20.2 Å². The number of hydrogen-bond donors (Lipinski definition) is 1. The molecule has 2 amide bonds. The summed E-state index contributed by atoms with van der Waals surface area (Å²) in [5.74, 6) is 0.695. The molecule has 1 aliphatic heterocycles. The molecule has 1 N–H and O–H groups in total. The summed E-state index contributed by atoms with van der Waals surface area (Å²) in [5.41, 5.74) is 2.08. The van der Waals surface area contributed by atoms with Crippen molar-refractivity contribution >= 4 is 6.03 Å². The zero-order valence-electron chi connectivity index (χ0n) is 17.5. The molecule has 31 heavy (non-hydrogen) atoms. The van der Waals surface area contributed by atoms with Crippen LogP contribution >= 0.6 is 0 Å². The Morgan fingerprint density at radius 3 is 2.23 bits per heavy atom. The molecular formula is C24H26N4O3. The van der Waals surface area contributed by atoms with E-state index in [4.69, 9.17) is 9.47 Å². The minimum Gasteiger partial charge on any atom is -0.477 e. The predicted octanol–water partition coefficient (Wildman–Crippen LogP) is 3.83. The van der Waals surface area contributed by atoms with Crippen LogP contribution in [-0.2, 0) is 0 Å². The van der Waals surface area contributed by atoms with Gasteiger partial charge in [-0.25, -0.2) is 14.8 Å². The van der Waals surface area contributed by atoms with Gasteiger partial charge in [0.05, 0.1) is 19.7 Å². The molecule has 1 aliphatic rings. The molecule has 160 valence electrons. The van der Waals surface area contributed by atoms with E-state index in [0.717, 1.165) is 24.0 Å². The van der Waals surface area contributed by atoms with E-state index in [0.29, 0.717) is 24.8 Å². The number of amides is 2. The third-order valence-electron chi connectivity index (χ3n) is 5.30. The Labute approximate surface area is 182 Å². The van der Waals surface area contributed by atoms with Crippen LogP contribution in [0.15, 0.2) is 73.1 Å². The van der Waals surface area contributed by atoms with E-state index in [9.17, 15) is 4.79 Å². The lowest BCUT2D eigenvalue weighted by molar-refractivity contribution is 0.0938. The summed E-state index contributed by atoms with van der Waals surface area (Å²) in [4.78, 5) is 23.3. The van der Waals surface area contributed by atoms with Crippen molar-refractivity contribution in [2.75, 3.05) is 20.2 Å². The van der Waals surface area contributed by atoms with Gasteiger partial charge in [0, 0.05) is 18.9 Å². The number of carbonyl (C=O) groups excluding carboxylic acids is 1. The predicted molar refractivity (Wildman–Crippen MR) is 117 cm³/mol. The second-order valence-corrected chi connectivity index (χ2v) is 7.40. The minimum absolute atomic E-state index is 0.114. The quantitative estimate of drug-likeness (QED) is 0.658. The fourth-order valence-corrected chi connectivity index (χ4v) is 3.77. The Bertz CT molecular complexity index is 945. The molecule has 3 aromatic rings. The molecule has 0 radical (unpaired) electrons. The fraction of sp³-hybridized carbons (Fsp3) is 0.292. The van der Waals surface area contributed by atoms with E-state index in [1.165, 1.54) is 7.11 Å². The number of likely N-dealkylation sites (tertiary alicyclic amines) is 1. The molecule has 7 heteroatoms. The number of urea groups is 1. The van der Waals surface area contributed by atoms with Gasteiger partial charge in [-0.3, -0.25) is 0 Å². The Balaban J connectivity index is 1.46. The van der Waals surface area contributed by atoms with Crippen molar-refractivity contribution < 1.29 is 14.3 Å². The smallest absolute Gasteiger partial charge is 0.318 e. The molecule has 0 saturated carbocycles. The summed E-state index contributed by atoms with van der Waals surface area (Å²) in [7, 11) is 1.53. The second-order valence-electron chi connectivity index (χ2n) is 7.40. The van der Waals surface area contributed by atoms with Gasteiger partial charge in [-0.1, -0.05) is 60.7 Å². The SMILES string of the molecule is COc1nccnc1OC1CCCN(C(=O)NC(c2ccccc2)c2ccccc2)C1. The number of piperidine rings is 1. The standard InChI is InChI=1S/C24H26N4O3/c1-30-22-23(26-15-14-25-22)31-20-13-8-16-28(17-20)24(29)27-21(18-9-4-2-5-10-18)19-11-6-3-7-12-19/h2-7,9-12,14-15,20-21H,8,13,16-17H2,1H3,(H,27,29). The topological polar surface area (TPSA) is 76.6 Å². The Morgan fingerprint density at radius 1 is 1.00 bits per heavy atom. The van der Waals surface area contributed by atoms with Crippen molar-refractivity contribution in [1.29, 1.82) is 0 Å². The summed E-state index contributed by atoms with van der Waals surface area (Å²) >= 11 is 0. The molecule has 0 spiro atoms. The molecule has 1 unspecified atom stereocenters. The van der Waals surface area contributed by atoms with E-state index in [1.54, 1.807) is 17.3 Å². The Kier molecular flexibility index (Phi) is 6.62. The highest BCUT2D eigenvalue weighted by atomic mass is 16.5. The Hall–Kier alpha value is -3.61.